The molecule has 3 rings (SSSR count). The molecule has 136 valence electrons. The number of hydrogen-bond acceptors (Lipinski definition) is 4. The zero-order chi connectivity index (χ0) is 18.5. The zero-order valence-electron chi connectivity index (χ0n) is 15.2. The van der Waals surface area contributed by atoms with E-state index < -0.39 is 0 Å². The van der Waals surface area contributed by atoms with Crippen molar-refractivity contribution in [1.82, 2.24) is 4.98 Å². The highest BCUT2D eigenvalue weighted by atomic mass is 16.2. The van der Waals surface area contributed by atoms with Crippen LogP contribution in [-0.4, -0.2) is 29.9 Å². The first-order chi connectivity index (χ1) is 12.5. The molecule has 0 saturated carbocycles. The van der Waals surface area contributed by atoms with Gasteiger partial charge in [0.05, 0.1) is 11.9 Å². The second kappa shape index (κ2) is 7.99. The van der Waals surface area contributed by atoms with Crippen molar-refractivity contribution < 1.29 is 9.59 Å². The largest absolute Gasteiger partial charge is 0.370 e. The molecule has 1 aromatic heterocycles. The number of carbonyl (C=O) groups is 2. The molecule has 2 amide bonds. The third-order valence-corrected chi connectivity index (χ3v) is 4.59. The zero-order valence-corrected chi connectivity index (χ0v) is 15.2. The number of nitrogens with one attached hydrogen (secondary N) is 2. The Hall–Kier alpha value is -2.89. The molecule has 0 spiro atoms. The molecule has 0 bridgehead atoms. The second-order valence-electron chi connectivity index (χ2n) is 6.78. The highest BCUT2D eigenvalue weighted by molar-refractivity contribution is 6.03. The lowest BCUT2D eigenvalue weighted by Crippen LogP contribution is -2.32. The quantitative estimate of drug-likeness (QED) is 0.883. The van der Waals surface area contributed by atoms with Crippen LogP contribution in [0.3, 0.4) is 0 Å². The third-order valence-electron chi connectivity index (χ3n) is 4.59. The number of anilines is 3. The van der Waals surface area contributed by atoms with Crippen molar-refractivity contribution in [1.29, 1.82) is 0 Å². The molecule has 26 heavy (non-hydrogen) atoms. The van der Waals surface area contributed by atoms with E-state index in [4.69, 9.17) is 0 Å². The Morgan fingerprint density at radius 1 is 1.00 bits per heavy atom. The van der Waals surface area contributed by atoms with Gasteiger partial charge in [0.1, 0.15) is 5.69 Å². The molecule has 2 N–H and O–H groups in total. The van der Waals surface area contributed by atoms with E-state index in [-0.39, 0.29) is 11.8 Å². The van der Waals surface area contributed by atoms with Crippen LogP contribution in [0.2, 0.25) is 0 Å². The van der Waals surface area contributed by atoms with Crippen LogP contribution in [0.15, 0.2) is 42.6 Å². The molecule has 0 unspecified atom stereocenters. The van der Waals surface area contributed by atoms with Gasteiger partial charge in [0, 0.05) is 31.4 Å². The summed E-state index contributed by atoms with van der Waals surface area (Å²) in [7, 11) is 0. The predicted molar refractivity (Wildman–Crippen MR) is 104 cm³/mol. The average molecular weight is 352 g/mol. The molecular weight excluding hydrogens is 328 g/mol. The SMILES string of the molecule is CC(=O)Nc1ccc(NC(=O)c2ccc(N3CCC(C)CC3)cn2)cc1. The monoisotopic (exact) mass is 352 g/mol. The fourth-order valence-corrected chi connectivity index (χ4v) is 3.01. The van der Waals surface area contributed by atoms with E-state index in [1.807, 2.05) is 6.07 Å². The van der Waals surface area contributed by atoms with Crippen LogP contribution in [0.5, 0.6) is 0 Å². The molecule has 0 atom stereocenters. The van der Waals surface area contributed by atoms with Crippen LogP contribution in [0, 0.1) is 5.92 Å². The van der Waals surface area contributed by atoms with Crippen molar-refractivity contribution >= 4 is 28.9 Å². The van der Waals surface area contributed by atoms with Crippen LogP contribution >= 0.6 is 0 Å². The van der Waals surface area contributed by atoms with E-state index in [1.165, 1.54) is 19.8 Å². The number of carbonyl (C=O) groups excluding carboxylic acids is 2. The summed E-state index contributed by atoms with van der Waals surface area (Å²) in [5, 5.41) is 5.50. The predicted octanol–water partition coefficient (Wildman–Crippen LogP) is 3.53. The lowest BCUT2D eigenvalue weighted by atomic mass is 9.99. The minimum Gasteiger partial charge on any atom is -0.370 e. The smallest absolute Gasteiger partial charge is 0.274 e. The Morgan fingerprint density at radius 3 is 2.15 bits per heavy atom. The summed E-state index contributed by atoms with van der Waals surface area (Å²) in [6.07, 6.45) is 4.15. The summed E-state index contributed by atoms with van der Waals surface area (Å²) in [6.45, 7) is 5.81. The summed E-state index contributed by atoms with van der Waals surface area (Å²) in [5.41, 5.74) is 2.78. The standard InChI is InChI=1S/C20H24N4O2/c1-14-9-11-24(12-10-14)18-7-8-19(21-13-18)20(26)23-17-5-3-16(4-6-17)22-15(2)25/h3-8,13-14H,9-12H2,1-2H3,(H,22,25)(H,23,26). The van der Waals surface area contributed by atoms with Gasteiger partial charge in [0.25, 0.3) is 5.91 Å². The van der Waals surface area contributed by atoms with Crippen LogP contribution in [0.1, 0.15) is 37.2 Å². The molecule has 2 heterocycles. The van der Waals surface area contributed by atoms with Gasteiger partial charge in [0.15, 0.2) is 0 Å². The van der Waals surface area contributed by atoms with Gasteiger partial charge in [-0.25, -0.2) is 4.98 Å². The number of piperidine rings is 1. The minimum atomic E-state index is -0.254. The Labute approximate surface area is 153 Å². The lowest BCUT2D eigenvalue weighted by molar-refractivity contribution is -0.114. The van der Waals surface area contributed by atoms with E-state index in [1.54, 1.807) is 36.5 Å². The van der Waals surface area contributed by atoms with Crippen molar-refractivity contribution in [2.75, 3.05) is 28.6 Å². The number of pyridine rings is 1. The highest BCUT2D eigenvalue weighted by Crippen LogP contribution is 2.22. The Balaban J connectivity index is 1.60. The number of aromatic nitrogens is 1. The van der Waals surface area contributed by atoms with E-state index in [0.29, 0.717) is 17.1 Å². The first kappa shape index (κ1) is 17.9. The number of rotatable bonds is 4. The molecule has 0 radical (unpaired) electrons. The maximum absolute atomic E-state index is 12.4. The lowest BCUT2D eigenvalue weighted by Gasteiger charge is -2.31. The highest BCUT2D eigenvalue weighted by Gasteiger charge is 2.17. The summed E-state index contributed by atoms with van der Waals surface area (Å²) in [4.78, 5) is 30.0. The minimum absolute atomic E-state index is 0.130. The molecule has 1 saturated heterocycles. The summed E-state index contributed by atoms with van der Waals surface area (Å²) in [5.74, 6) is 0.395. The molecule has 1 aromatic carbocycles. The molecule has 0 aliphatic carbocycles. The normalized spacial score (nSPS) is 14.8. The van der Waals surface area contributed by atoms with Crippen LogP contribution < -0.4 is 15.5 Å². The summed E-state index contributed by atoms with van der Waals surface area (Å²) >= 11 is 0. The molecule has 1 aliphatic heterocycles. The van der Waals surface area contributed by atoms with Gasteiger partial charge < -0.3 is 15.5 Å². The maximum Gasteiger partial charge on any atom is 0.274 e. The molecule has 1 aliphatic rings. The fourth-order valence-electron chi connectivity index (χ4n) is 3.01. The van der Waals surface area contributed by atoms with Gasteiger partial charge in [-0.05, 0) is 55.2 Å². The van der Waals surface area contributed by atoms with Crippen molar-refractivity contribution in [3.8, 4) is 0 Å². The first-order valence-corrected chi connectivity index (χ1v) is 8.91. The Kier molecular flexibility index (Phi) is 5.51. The van der Waals surface area contributed by atoms with Gasteiger partial charge in [-0.1, -0.05) is 6.92 Å². The fraction of sp³-hybridized carbons (Fsp3) is 0.350. The van der Waals surface area contributed by atoms with Crippen LogP contribution in [-0.2, 0) is 4.79 Å². The van der Waals surface area contributed by atoms with E-state index >= 15 is 0 Å². The maximum atomic E-state index is 12.4. The third kappa shape index (κ3) is 4.59. The van der Waals surface area contributed by atoms with Gasteiger partial charge >= 0.3 is 0 Å². The van der Waals surface area contributed by atoms with Gasteiger partial charge in [-0.3, -0.25) is 9.59 Å². The second-order valence-corrected chi connectivity index (χ2v) is 6.78. The average Bonchev–Trinajstić information content (AvgIpc) is 2.64. The number of hydrogen-bond donors (Lipinski definition) is 2. The molecule has 6 nitrogen and oxygen atoms in total. The van der Waals surface area contributed by atoms with Gasteiger partial charge in [0.2, 0.25) is 5.91 Å². The topological polar surface area (TPSA) is 74.3 Å². The summed E-state index contributed by atoms with van der Waals surface area (Å²) in [6, 6.07) is 10.7. The molecule has 1 fully saturated rings. The van der Waals surface area contributed by atoms with E-state index in [2.05, 4.69) is 27.4 Å². The first-order valence-electron chi connectivity index (χ1n) is 8.91. The van der Waals surface area contributed by atoms with Crippen molar-refractivity contribution in [2.24, 2.45) is 5.92 Å². The van der Waals surface area contributed by atoms with Gasteiger partial charge in [-0.15, -0.1) is 0 Å². The van der Waals surface area contributed by atoms with E-state index in [9.17, 15) is 9.59 Å². The number of benzene rings is 1. The van der Waals surface area contributed by atoms with Gasteiger partial charge in [-0.2, -0.15) is 0 Å². The van der Waals surface area contributed by atoms with E-state index in [0.717, 1.165) is 24.7 Å². The Morgan fingerprint density at radius 2 is 1.62 bits per heavy atom. The van der Waals surface area contributed by atoms with Crippen molar-refractivity contribution in [3.63, 3.8) is 0 Å². The number of nitrogens with zero attached hydrogens (tertiary/aromatic N) is 2. The molecular formula is C20H24N4O2. The molecule has 6 heteroatoms. The van der Waals surface area contributed by atoms with Crippen molar-refractivity contribution in [3.05, 3.63) is 48.3 Å². The van der Waals surface area contributed by atoms with Crippen molar-refractivity contribution in [2.45, 2.75) is 26.7 Å². The van der Waals surface area contributed by atoms with Crippen LogP contribution in [0.4, 0.5) is 17.1 Å². The number of amides is 2. The van der Waals surface area contributed by atoms with Crippen LogP contribution in [0.25, 0.3) is 0 Å². The Bertz CT molecular complexity index is 763. The molecule has 2 aromatic rings. The summed E-state index contributed by atoms with van der Waals surface area (Å²) < 4.78 is 0.